The monoisotopic (exact) mass is 368 g/mol. The first-order valence-electron chi connectivity index (χ1n) is 8.65. The number of hydrogen-bond acceptors (Lipinski definition) is 5. The van der Waals surface area contributed by atoms with Crippen molar-refractivity contribution in [2.45, 2.75) is 13.5 Å². The normalized spacial score (nSPS) is 15.5. The first-order chi connectivity index (χ1) is 12.6. The molecule has 4 rings (SSSR count). The van der Waals surface area contributed by atoms with Gasteiger partial charge in [0, 0.05) is 60.9 Å². The summed E-state index contributed by atoms with van der Waals surface area (Å²) in [5.74, 6) is -0.190. The van der Waals surface area contributed by atoms with E-state index in [-0.39, 0.29) is 16.9 Å². The molecule has 7 heteroatoms. The van der Waals surface area contributed by atoms with Crippen LogP contribution < -0.4 is 5.43 Å². The Bertz CT molecular complexity index is 1000. The number of carbonyl (C=O) groups excluding carboxylic acids is 1. The molecule has 0 bridgehead atoms. The lowest BCUT2D eigenvalue weighted by atomic mass is 10.1. The third kappa shape index (κ3) is 3.27. The van der Waals surface area contributed by atoms with Gasteiger partial charge in [-0.1, -0.05) is 12.1 Å². The lowest BCUT2D eigenvalue weighted by molar-refractivity contribution is 0.0628. The van der Waals surface area contributed by atoms with E-state index in [1.165, 1.54) is 4.88 Å². The lowest BCUT2D eigenvalue weighted by Crippen LogP contribution is -2.49. The molecule has 1 amide bonds. The number of H-pyrrole nitrogens is 1. The lowest BCUT2D eigenvalue weighted by Gasteiger charge is -2.34. The van der Waals surface area contributed by atoms with Gasteiger partial charge in [-0.25, -0.2) is 4.98 Å². The standard InChI is InChI=1S/C19H20N4O2S/c1-13-20-10-14(26-13)12-22-6-8-23(9-7-22)19(25)16-11-21-17-5-3-2-4-15(17)18(16)24/h2-5,10-11H,6-9,12H2,1H3,(H,21,24). The van der Waals surface area contributed by atoms with E-state index in [0.717, 1.165) is 30.2 Å². The molecule has 6 nitrogen and oxygen atoms in total. The molecule has 26 heavy (non-hydrogen) atoms. The maximum Gasteiger partial charge on any atom is 0.259 e. The highest BCUT2D eigenvalue weighted by molar-refractivity contribution is 7.11. The van der Waals surface area contributed by atoms with Gasteiger partial charge in [0.25, 0.3) is 5.91 Å². The number of nitrogens with zero attached hydrogens (tertiary/aromatic N) is 3. The molecule has 3 heterocycles. The summed E-state index contributed by atoms with van der Waals surface area (Å²) < 4.78 is 0. The van der Waals surface area contributed by atoms with Gasteiger partial charge in [0.2, 0.25) is 5.43 Å². The Balaban J connectivity index is 1.45. The predicted octanol–water partition coefficient (Wildman–Crippen LogP) is 2.25. The summed E-state index contributed by atoms with van der Waals surface area (Å²) in [6, 6.07) is 7.26. The van der Waals surface area contributed by atoms with Crippen LogP contribution in [0.1, 0.15) is 20.2 Å². The smallest absolute Gasteiger partial charge is 0.259 e. The van der Waals surface area contributed by atoms with Gasteiger partial charge in [0.1, 0.15) is 5.56 Å². The van der Waals surface area contributed by atoms with Gasteiger partial charge in [-0.15, -0.1) is 11.3 Å². The van der Waals surface area contributed by atoms with E-state index in [9.17, 15) is 9.59 Å². The van der Waals surface area contributed by atoms with Crippen LogP contribution in [0.5, 0.6) is 0 Å². The minimum atomic E-state index is -0.202. The van der Waals surface area contributed by atoms with Crippen LogP contribution in [0.15, 0.2) is 41.5 Å². The van der Waals surface area contributed by atoms with Crippen LogP contribution in [0.4, 0.5) is 0 Å². The van der Waals surface area contributed by atoms with Crippen molar-refractivity contribution in [2.75, 3.05) is 26.2 Å². The Labute approximate surface area is 155 Å². The van der Waals surface area contributed by atoms with E-state index in [0.29, 0.717) is 18.5 Å². The first-order valence-corrected chi connectivity index (χ1v) is 9.47. The van der Waals surface area contributed by atoms with Gasteiger partial charge in [-0.05, 0) is 19.1 Å². The van der Waals surface area contributed by atoms with Crippen molar-refractivity contribution in [1.82, 2.24) is 19.8 Å². The van der Waals surface area contributed by atoms with Gasteiger partial charge >= 0.3 is 0 Å². The van der Waals surface area contributed by atoms with E-state index in [1.54, 1.807) is 28.5 Å². The molecule has 0 unspecified atom stereocenters. The average molecular weight is 368 g/mol. The molecule has 2 aromatic heterocycles. The summed E-state index contributed by atoms with van der Waals surface area (Å²) in [4.78, 5) is 38.1. The van der Waals surface area contributed by atoms with Crippen molar-refractivity contribution in [3.8, 4) is 0 Å². The number of aromatic nitrogens is 2. The van der Waals surface area contributed by atoms with E-state index in [4.69, 9.17) is 0 Å². The van der Waals surface area contributed by atoms with Crippen molar-refractivity contribution in [2.24, 2.45) is 0 Å². The quantitative estimate of drug-likeness (QED) is 0.770. The number of benzene rings is 1. The van der Waals surface area contributed by atoms with Gasteiger partial charge in [0.05, 0.1) is 5.01 Å². The third-order valence-electron chi connectivity index (χ3n) is 4.73. The van der Waals surface area contributed by atoms with Gasteiger partial charge in [0.15, 0.2) is 0 Å². The molecule has 0 atom stereocenters. The number of thiazole rings is 1. The molecule has 134 valence electrons. The SMILES string of the molecule is Cc1ncc(CN2CCN(C(=O)c3c[nH]c4ccccc4c3=O)CC2)s1. The van der Waals surface area contributed by atoms with Crippen molar-refractivity contribution in [3.63, 3.8) is 0 Å². The maximum absolute atomic E-state index is 12.8. The fourth-order valence-electron chi connectivity index (χ4n) is 3.30. The van der Waals surface area contributed by atoms with Crippen molar-refractivity contribution in [1.29, 1.82) is 0 Å². The third-order valence-corrected chi connectivity index (χ3v) is 5.62. The molecule has 0 aliphatic carbocycles. The number of nitrogens with one attached hydrogen (secondary N) is 1. The highest BCUT2D eigenvalue weighted by atomic mass is 32.1. The van der Waals surface area contributed by atoms with Gasteiger partial charge in [-0.3, -0.25) is 14.5 Å². The van der Waals surface area contributed by atoms with E-state index >= 15 is 0 Å². The zero-order chi connectivity index (χ0) is 18.1. The number of aromatic amines is 1. The summed E-state index contributed by atoms with van der Waals surface area (Å²) in [6.45, 7) is 5.73. The fraction of sp³-hybridized carbons (Fsp3) is 0.316. The second-order valence-electron chi connectivity index (χ2n) is 6.49. The van der Waals surface area contributed by atoms with Crippen molar-refractivity contribution < 1.29 is 4.79 Å². The number of carbonyl (C=O) groups is 1. The number of para-hydroxylation sites is 1. The summed E-state index contributed by atoms with van der Waals surface area (Å²) in [7, 11) is 0. The molecule has 1 fully saturated rings. The fourth-order valence-corrected chi connectivity index (χ4v) is 4.14. The molecule has 1 saturated heterocycles. The average Bonchev–Trinajstić information content (AvgIpc) is 3.07. The number of amides is 1. The Morgan fingerprint density at radius 2 is 2.00 bits per heavy atom. The number of piperazine rings is 1. The molecule has 1 aliphatic rings. The Kier molecular flexibility index (Phi) is 4.57. The zero-order valence-corrected chi connectivity index (χ0v) is 15.4. The molecule has 1 aliphatic heterocycles. The van der Waals surface area contributed by atoms with Crippen LogP contribution in [0.25, 0.3) is 10.9 Å². The van der Waals surface area contributed by atoms with Gasteiger partial charge in [-0.2, -0.15) is 0 Å². The number of rotatable bonds is 3. The second-order valence-corrected chi connectivity index (χ2v) is 7.81. The molecule has 0 radical (unpaired) electrons. The number of fused-ring (bicyclic) bond motifs is 1. The Morgan fingerprint density at radius 1 is 1.23 bits per heavy atom. The number of pyridine rings is 1. The van der Waals surface area contributed by atoms with Crippen molar-refractivity contribution in [3.05, 3.63) is 62.3 Å². The van der Waals surface area contributed by atoms with Crippen LogP contribution >= 0.6 is 11.3 Å². The van der Waals surface area contributed by atoms with Crippen LogP contribution in [0, 0.1) is 6.92 Å². The topological polar surface area (TPSA) is 69.3 Å². The number of aryl methyl sites for hydroxylation is 1. The van der Waals surface area contributed by atoms with Gasteiger partial charge < -0.3 is 9.88 Å². The van der Waals surface area contributed by atoms with Crippen LogP contribution in [-0.4, -0.2) is 51.9 Å². The number of hydrogen-bond donors (Lipinski definition) is 1. The summed E-state index contributed by atoms with van der Waals surface area (Å²) >= 11 is 1.71. The molecule has 3 aromatic rings. The van der Waals surface area contributed by atoms with Crippen molar-refractivity contribution >= 4 is 28.1 Å². The molecule has 0 spiro atoms. The zero-order valence-electron chi connectivity index (χ0n) is 14.6. The summed E-state index contributed by atoms with van der Waals surface area (Å²) in [5.41, 5.74) is 0.765. The first kappa shape index (κ1) is 16.9. The minimum absolute atomic E-state index is 0.190. The van der Waals surface area contributed by atoms with Crippen LogP contribution in [0.2, 0.25) is 0 Å². The largest absolute Gasteiger partial charge is 0.360 e. The Morgan fingerprint density at radius 3 is 2.73 bits per heavy atom. The summed E-state index contributed by atoms with van der Waals surface area (Å²) in [5, 5.41) is 1.63. The molecular weight excluding hydrogens is 348 g/mol. The minimum Gasteiger partial charge on any atom is -0.360 e. The summed E-state index contributed by atoms with van der Waals surface area (Å²) in [6.07, 6.45) is 3.46. The van der Waals surface area contributed by atoms with E-state index < -0.39 is 0 Å². The predicted molar refractivity (Wildman–Crippen MR) is 103 cm³/mol. The molecule has 1 aromatic carbocycles. The molecular formula is C19H20N4O2S. The molecule has 0 saturated carbocycles. The molecule has 1 N–H and O–H groups in total. The van der Waals surface area contributed by atoms with Crippen LogP contribution in [-0.2, 0) is 6.54 Å². The van der Waals surface area contributed by atoms with Crippen LogP contribution in [0.3, 0.4) is 0 Å². The highest BCUT2D eigenvalue weighted by Gasteiger charge is 2.24. The Hall–Kier alpha value is -2.51. The van der Waals surface area contributed by atoms with E-state index in [1.807, 2.05) is 31.3 Å². The second kappa shape index (κ2) is 7.01. The van der Waals surface area contributed by atoms with E-state index in [2.05, 4.69) is 14.9 Å². The highest BCUT2D eigenvalue weighted by Crippen LogP contribution is 2.16. The maximum atomic E-state index is 12.8.